The molecule has 1 aromatic rings. The minimum Gasteiger partial charge on any atom is -0.346 e. The summed E-state index contributed by atoms with van der Waals surface area (Å²) in [4.78, 5) is 11.0. The number of imidazole rings is 1. The number of hydrogen-bond acceptors (Lipinski definition) is 2. The van der Waals surface area contributed by atoms with Gasteiger partial charge in [0.15, 0.2) is 0 Å². The topological polar surface area (TPSA) is 31.9 Å². The summed E-state index contributed by atoms with van der Waals surface area (Å²) in [5, 5.41) is 0. The van der Waals surface area contributed by atoms with Crippen molar-refractivity contribution in [2.75, 3.05) is 19.6 Å². The zero-order valence-corrected chi connectivity index (χ0v) is 11.7. The molecule has 2 heterocycles. The van der Waals surface area contributed by atoms with Gasteiger partial charge in [0.1, 0.15) is 5.82 Å². The monoisotopic (exact) mass is 247 g/mol. The maximum atomic E-state index is 4.84. The van der Waals surface area contributed by atoms with E-state index in [1.165, 1.54) is 62.5 Å². The molecule has 1 fully saturated rings. The molecule has 0 bridgehead atoms. The van der Waals surface area contributed by atoms with Crippen LogP contribution in [-0.2, 0) is 12.8 Å². The van der Waals surface area contributed by atoms with Gasteiger partial charge in [-0.2, -0.15) is 0 Å². The van der Waals surface area contributed by atoms with Crippen molar-refractivity contribution in [3.63, 3.8) is 0 Å². The lowest BCUT2D eigenvalue weighted by Gasteiger charge is -2.22. The summed E-state index contributed by atoms with van der Waals surface area (Å²) in [5.41, 5.74) is 2.77. The fraction of sp³-hybridized carbons (Fsp3) is 0.800. The summed E-state index contributed by atoms with van der Waals surface area (Å²) < 4.78 is 0. The Hall–Kier alpha value is -0.830. The Morgan fingerprint density at radius 2 is 2.06 bits per heavy atom. The number of H-pyrrole nitrogens is 1. The van der Waals surface area contributed by atoms with Crippen LogP contribution >= 0.6 is 0 Å². The van der Waals surface area contributed by atoms with Crippen molar-refractivity contribution in [1.29, 1.82) is 0 Å². The Morgan fingerprint density at radius 1 is 1.28 bits per heavy atom. The summed E-state index contributed by atoms with van der Waals surface area (Å²) in [7, 11) is 0. The molecule has 3 heteroatoms. The van der Waals surface area contributed by atoms with Crippen LogP contribution in [0.3, 0.4) is 0 Å². The fourth-order valence-corrected chi connectivity index (χ4v) is 3.58. The predicted molar refractivity (Wildman–Crippen MR) is 73.9 cm³/mol. The highest BCUT2D eigenvalue weighted by Crippen LogP contribution is 2.32. The fourth-order valence-electron chi connectivity index (χ4n) is 3.58. The first-order valence-corrected chi connectivity index (χ1v) is 7.52. The van der Waals surface area contributed by atoms with Crippen LogP contribution < -0.4 is 0 Å². The SMILES string of the molecule is CC1Cc2[nH]c(CCN3CCCC3)nc2C(C)C1. The zero-order valence-electron chi connectivity index (χ0n) is 11.7. The molecule has 1 N–H and O–H groups in total. The molecular weight excluding hydrogens is 222 g/mol. The molecule has 2 aliphatic rings. The standard InChI is InChI=1S/C15H25N3/c1-11-9-12(2)15-13(10-11)16-14(17-15)5-8-18-6-3-4-7-18/h11-12H,3-10H2,1-2H3,(H,16,17). The van der Waals surface area contributed by atoms with Crippen molar-refractivity contribution in [1.82, 2.24) is 14.9 Å². The number of aromatic amines is 1. The largest absolute Gasteiger partial charge is 0.346 e. The van der Waals surface area contributed by atoms with Gasteiger partial charge in [0, 0.05) is 24.6 Å². The molecule has 2 unspecified atom stereocenters. The highest BCUT2D eigenvalue weighted by atomic mass is 15.1. The number of aromatic nitrogens is 2. The summed E-state index contributed by atoms with van der Waals surface area (Å²) in [6.07, 6.45) is 6.33. The highest BCUT2D eigenvalue weighted by molar-refractivity contribution is 5.22. The van der Waals surface area contributed by atoms with Gasteiger partial charge in [-0.15, -0.1) is 0 Å². The summed E-state index contributed by atoms with van der Waals surface area (Å²) in [6.45, 7) is 8.42. The van der Waals surface area contributed by atoms with Crippen LogP contribution in [0.4, 0.5) is 0 Å². The quantitative estimate of drug-likeness (QED) is 0.890. The molecular formula is C15H25N3. The second-order valence-corrected chi connectivity index (χ2v) is 6.29. The smallest absolute Gasteiger partial charge is 0.107 e. The Balaban J connectivity index is 1.65. The van der Waals surface area contributed by atoms with Gasteiger partial charge in [0.2, 0.25) is 0 Å². The number of nitrogens with one attached hydrogen (secondary N) is 1. The van der Waals surface area contributed by atoms with Crippen molar-refractivity contribution >= 4 is 0 Å². The molecule has 1 aromatic heterocycles. The van der Waals surface area contributed by atoms with E-state index in [-0.39, 0.29) is 0 Å². The third-order valence-electron chi connectivity index (χ3n) is 4.50. The first kappa shape index (κ1) is 12.2. The van der Waals surface area contributed by atoms with Gasteiger partial charge >= 0.3 is 0 Å². The van der Waals surface area contributed by atoms with E-state index in [1.807, 2.05) is 0 Å². The van der Waals surface area contributed by atoms with E-state index >= 15 is 0 Å². The van der Waals surface area contributed by atoms with Crippen LogP contribution in [0.25, 0.3) is 0 Å². The van der Waals surface area contributed by atoms with Gasteiger partial charge in [0.05, 0.1) is 5.69 Å². The van der Waals surface area contributed by atoms with Gasteiger partial charge in [-0.05, 0) is 44.7 Å². The third kappa shape index (κ3) is 2.46. The third-order valence-corrected chi connectivity index (χ3v) is 4.50. The van der Waals surface area contributed by atoms with Crippen LogP contribution in [0, 0.1) is 5.92 Å². The van der Waals surface area contributed by atoms with E-state index in [1.54, 1.807) is 0 Å². The minimum atomic E-state index is 0.639. The van der Waals surface area contributed by atoms with Crippen molar-refractivity contribution in [2.24, 2.45) is 5.92 Å². The van der Waals surface area contributed by atoms with Crippen molar-refractivity contribution in [3.8, 4) is 0 Å². The highest BCUT2D eigenvalue weighted by Gasteiger charge is 2.25. The van der Waals surface area contributed by atoms with Gasteiger partial charge in [-0.3, -0.25) is 0 Å². The van der Waals surface area contributed by atoms with E-state index < -0.39 is 0 Å². The molecule has 0 spiro atoms. The van der Waals surface area contributed by atoms with Crippen molar-refractivity contribution in [2.45, 2.75) is 51.9 Å². The number of nitrogens with zero attached hydrogens (tertiary/aromatic N) is 2. The maximum Gasteiger partial charge on any atom is 0.107 e. The van der Waals surface area contributed by atoms with Crippen LogP contribution in [-0.4, -0.2) is 34.5 Å². The molecule has 1 aliphatic heterocycles. The van der Waals surface area contributed by atoms with E-state index in [0.29, 0.717) is 5.92 Å². The number of fused-ring (bicyclic) bond motifs is 1. The molecule has 2 atom stereocenters. The molecule has 18 heavy (non-hydrogen) atoms. The second-order valence-electron chi connectivity index (χ2n) is 6.29. The van der Waals surface area contributed by atoms with E-state index in [0.717, 1.165) is 12.3 Å². The van der Waals surface area contributed by atoms with Gasteiger partial charge in [-0.25, -0.2) is 4.98 Å². The summed E-state index contributed by atoms with van der Waals surface area (Å²) in [5.74, 6) is 2.66. The average molecular weight is 247 g/mol. The lowest BCUT2D eigenvalue weighted by atomic mass is 9.84. The first-order valence-electron chi connectivity index (χ1n) is 7.52. The predicted octanol–water partition coefficient (Wildman–Crippen LogP) is 2.73. The Morgan fingerprint density at radius 3 is 2.83 bits per heavy atom. The number of hydrogen-bond donors (Lipinski definition) is 1. The molecule has 1 aliphatic carbocycles. The number of rotatable bonds is 3. The Bertz CT molecular complexity index is 404. The Kier molecular flexibility index (Phi) is 3.42. The van der Waals surface area contributed by atoms with Gasteiger partial charge in [-0.1, -0.05) is 13.8 Å². The molecule has 100 valence electrons. The van der Waals surface area contributed by atoms with Crippen LogP contribution in [0.1, 0.15) is 56.2 Å². The average Bonchev–Trinajstić information content (AvgIpc) is 2.93. The minimum absolute atomic E-state index is 0.639. The van der Waals surface area contributed by atoms with E-state index in [2.05, 4.69) is 23.7 Å². The number of likely N-dealkylation sites (tertiary alicyclic amines) is 1. The van der Waals surface area contributed by atoms with E-state index in [9.17, 15) is 0 Å². The van der Waals surface area contributed by atoms with Gasteiger partial charge in [0.25, 0.3) is 0 Å². The molecule has 3 nitrogen and oxygen atoms in total. The molecule has 3 rings (SSSR count). The second kappa shape index (κ2) is 5.04. The summed E-state index contributed by atoms with van der Waals surface area (Å²) in [6, 6.07) is 0. The van der Waals surface area contributed by atoms with Crippen molar-refractivity contribution < 1.29 is 0 Å². The maximum absolute atomic E-state index is 4.84. The van der Waals surface area contributed by atoms with Crippen LogP contribution in [0.5, 0.6) is 0 Å². The zero-order chi connectivity index (χ0) is 12.5. The van der Waals surface area contributed by atoms with Crippen LogP contribution in [0.2, 0.25) is 0 Å². The lowest BCUT2D eigenvalue weighted by Crippen LogP contribution is -2.22. The molecule has 0 radical (unpaired) electrons. The molecule has 0 saturated carbocycles. The Labute approximate surface area is 110 Å². The molecule has 0 aromatic carbocycles. The summed E-state index contributed by atoms with van der Waals surface area (Å²) >= 11 is 0. The van der Waals surface area contributed by atoms with Crippen LogP contribution in [0.15, 0.2) is 0 Å². The lowest BCUT2D eigenvalue weighted by molar-refractivity contribution is 0.341. The first-order chi connectivity index (χ1) is 8.72. The van der Waals surface area contributed by atoms with Crippen molar-refractivity contribution in [3.05, 3.63) is 17.2 Å². The molecule has 0 amide bonds. The normalized spacial score (nSPS) is 28.6. The molecule has 1 saturated heterocycles. The van der Waals surface area contributed by atoms with Gasteiger partial charge < -0.3 is 9.88 Å². The van der Waals surface area contributed by atoms with E-state index in [4.69, 9.17) is 4.98 Å².